The maximum atomic E-state index is 11.9. The normalized spacial score (nSPS) is 19.5. The molecule has 1 aromatic carbocycles. The van der Waals surface area contributed by atoms with Gasteiger partial charge in [0.2, 0.25) is 0 Å². The lowest BCUT2D eigenvalue weighted by Crippen LogP contribution is -2.25. The van der Waals surface area contributed by atoms with Gasteiger partial charge < -0.3 is 5.32 Å². The highest BCUT2D eigenvalue weighted by atomic mass is 16.1. The Morgan fingerprint density at radius 3 is 2.53 bits per heavy atom. The van der Waals surface area contributed by atoms with E-state index in [4.69, 9.17) is 0 Å². The molecule has 0 aliphatic heterocycles. The van der Waals surface area contributed by atoms with Crippen molar-refractivity contribution in [2.45, 2.75) is 39.5 Å². The van der Waals surface area contributed by atoms with Crippen molar-refractivity contribution in [1.82, 2.24) is 5.32 Å². The highest BCUT2D eigenvalue weighted by molar-refractivity contribution is 5.91. The molecule has 0 heterocycles. The van der Waals surface area contributed by atoms with Crippen LogP contribution in [0.25, 0.3) is 0 Å². The maximum Gasteiger partial charge on any atom is 0.158 e. The summed E-state index contributed by atoms with van der Waals surface area (Å²) in [6.45, 7) is 7.37. The van der Waals surface area contributed by atoms with Crippen molar-refractivity contribution in [3.63, 3.8) is 0 Å². The van der Waals surface area contributed by atoms with Crippen molar-refractivity contribution in [2.75, 3.05) is 6.54 Å². The van der Waals surface area contributed by atoms with Crippen molar-refractivity contribution >= 4 is 5.78 Å². The lowest BCUT2D eigenvalue weighted by molar-refractivity contribution is -0.115. The van der Waals surface area contributed by atoms with Gasteiger partial charge in [-0.05, 0) is 30.7 Å². The molecule has 1 unspecified atom stereocenters. The number of carbonyl (C=O) groups is 1. The fourth-order valence-corrected chi connectivity index (χ4v) is 2.43. The molecule has 19 heavy (non-hydrogen) atoms. The Hall–Kier alpha value is -1.57. The number of hydrogen-bond donors (Lipinski definition) is 1. The molecule has 0 fully saturated rings. The zero-order valence-corrected chi connectivity index (χ0v) is 12.1. The summed E-state index contributed by atoms with van der Waals surface area (Å²) < 4.78 is 0. The van der Waals surface area contributed by atoms with E-state index in [0.29, 0.717) is 18.3 Å². The van der Waals surface area contributed by atoms with Gasteiger partial charge in [0.15, 0.2) is 5.78 Å². The van der Waals surface area contributed by atoms with Crippen LogP contribution < -0.4 is 5.32 Å². The standard InChI is InChI=1S/C17H23NO/c1-12(2)11-18-16-8-15(9-17(19)10-16)14-6-4-13(3)5-7-14/h4-7,10,12,15,18H,8-9,11H2,1-3H3. The van der Waals surface area contributed by atoms with E-state index in [-0.39, 0.29) is 5.78 Å². The van der Waals surface area contributed by atoms with E-state index in [0.717, 1.165) is 18.7 Å². The zero-order chi connectivity index (χ0) is 13.8. The first kappa shape index (κ1) is 13.9. The predicted molar refractivity (Wildman–Crippen MR) is 79.1 cm³/mol. The molecule has 1 N–H and O–H groups in total. The summed E-state index contributed by atoms with van der Waals surface area (Å²) in [6.07, 6.45) is 3.37. The van der Waals surface area contributed by atoms with Crippen LogP contribution in [0.3, 0.4) is 0 Å². The molecule has 0 radical (unpaired) electrons. The average molecular weight is 257 g/mol. The molecule has 0 spiro atoms. The Kier molecular flexibility index (Phi) is 4.41. The highest BCUT2D eigenvalue weighted by Crippen LogP contribution is 2.30. The second-order valence-corrected chi connectivity index (χ2v) is 5.93. The first-order valence-electron chi connectivity index (χ1n) is 7.08. The van der Waals surface area contributed by atoms with Crippen LogP contribution in [0.15, 0.2) is 36.0 Å². The highest BCUT2D eigenvalue weighted by Gasteiger charge is 2.22. The maximum absolute atomic E-state index is 11.9. The third-order valence-electron chi connectivity index (χ3n) is 3.54. The molecule has 1 aliphatic rings. The Bertz CT molecular complexity index is 471. The van der Waals surface area contributed by atoms with E-state index in [9.17, 15) is 4.79 Å². The molecule has 0 amide bonds. The van der Waals surface area contributed by atoms with Gasteiger partial charge in [0.25, 0.3) is 0 Å². The number of aryl methyl sites for hydroxylation is 1. The van der Waals surface area contributed by atoms with Gasteiger partial charge in [0, 0.05) is 24.7 Å². The number of rotatable bonds is 4. The first-order chi connectivity index (χ1) is 9.04. The number of allylic oxidation sites excluding steroid dienone is 2. The molecule has 2 heteroatoms. The molecule has 102 valence electrons. The van der Waals surface area contributed by atoms with Crippen LogP contribution in [0.4, 0.5) is 0 Å². The molecule has 0 bridgehead atoms. The minimum atomic E-state index is 0.239. The summed E-state index contributed by atoms with van der Waals surface area (Å²) in [4.78, 5) is 11.9. The van der Waals surface area contributed by atoms with E-state index < -0.39 is 0 Å². The van der Waals surface area contributed by atoms with E-state index >= 15 is 0 Å². The Morgan fingerprint density at radius 1 is 1.21 bits per heavy atom. The van der Waals surface area contributed by atoms with Gasteiger partial charge in [0.1, 0.15) is 0 Å². The van der Waals surface area contributed by atoms with Crippen molar-refractivity contribution in [1.29, 1.82) is 0 Å². The van der Waals surface area contributed by atoms with E-state index in [1.165, 1.54) is 11.1 Å². The number of carbonyl (C=O) groups excluding carboxylic acids is 1. The summed E-state index contributed by atoms with van der Waals surface area (Å²) in [7, 11) is 0. The minimum Gasteiger partial charge on any atom is -0.388 e. The molecule has 2 nitrogen and oxygen atoms in total. The lowest BCUT2D eigenvalue weighted by Gasteiger charge is -2.24. The number of ketones is 1. The Morgan fingerprint density at radius 2 is 1.89 bits per heavy atom. The SMILES string of the molecule is Cc1ccc(C2CC(=O)C=C(NCC(C)C)C2)cc1. The molecule has 2 rings (SSSR count). The van der Waals surface area contributed by atoms with Crippen molar-refractivity contribution in [3.05, 3.63) is 47.2 Å². The van der Waals surface area contributed by atoms with Gasteiger partial charge in [-0.1, -0.05) is 43.7 Å². The second kappa shape index (κ2) is 6.05. The molecule has 0 aromatic heterocycles. The van der Waals surface area contributed by atoms with Gasteiger partial charge in [-0.15, -0.1) is 0 Å². The van der Waals surface area contributed by atoms with Crippen LogP contribution in [-0.4, -0.2) is 12.3 Å². The Labute approximate surface area is 115 Å². The van der Waals surface area contributed by atoms with Gasteiger partial charge in [-0.3, -0.25) is 4.79 Å². The number of benzene rings is 1. The van der Waals surface area contributed by atoms with Crippen LogP contribution in [0.2, 0.25) is 0 Å². The van der Waals surface area contributed by atoms with E-state index in [2.05, 4.69) is 50.4 Å². The van der Waals surface area contributed by atoms with Crippen molar-refractivity contribution in [3.8, 4) is 0 Å². The quantitative estimate of drug-likeness (QED) is 0.893. The number of hydrogen-bond acceptors (Lipinski definition) is 2. The first-order valence-corrected chi connectivity index (χ1v) is 7.08. The summed E-state index contributed by atoms with van der Waals surface area (Å²) in [5.41, 5.74) is 3.63. The van der Waals surface area contributed by atoms with Gasteiger partial charge in [-0.25, -0.2) is 0 Å². The fraction of sp³-hybridized carbons (Fsp3) is 0.471. The van der Waals surface area contributed by atoms with Crippen LogP contribution in [0.5, 0.6) is 0 Å². The van der Waals surface area contributed by atoms with Gasteiger partial charge in [0.05, 0.1) is 0 Å². The van der Waals surface area contributed by atoms with Crippen LogP contribution in [-0.2, 0) is 4.79 Å². The third-order valence-corrected chi connectivity index (χ3v) is 3.54. The largest absolute Gasteiger partial charge is 0.388 e. The molecule has 1 atom stereocenters. The molecular weight excluding hydrogens is 234 g/mol. The summed E-state index contributed by atoms with van der Waals surface area (Å²) in [6, 6.07) is 8.55. The summed E-state index contributed by atoms with van der Waals surface area (Å²) in [5, 5.41) is 3.40. The third kappa shape index (κ3) is 3.95. The number of nitrogens with one attached hydrogen (secondary N) is 1. The average Bonchev–Trinajstić information content (AvgIpc) is 2.36. The molecule has 1 aliphatic carbocycles. The van der Waals surface area contributed by atoms with Crippen molar-refractivity contribution in [2.24, 2.45) is 5.92 Å². The smallest absolute Gasteiger partial charge is 0.158 e. The van der Waals surface area contributed by atoms with E-state index in [1.807, 2.05) is 0 Å². The van der Waals surface area contributed by atoms with Gasteiger partial charge in [-0.2, -0.15) is 0 Å². The predicted octanol–water partition coefficient (Wildman–Crippen LogP) is 3.57. The topological polar surface area (TPSA) is 29.1 Å². The lowest BCUT2D eigenvalue weighted by atomic mass is 9.85. The summed E-state index contributed by atoms with van der Waals surface area (Å²) in [5.74, 6) is 1.16. The van der Waals surface area contributed by atoms with Gasteiger partial charge >= 0.3 is 0 Å². The fourth-order valence-electron chi connectivity index (χ4n) is 2.43. The summed E-state index contributed by atoms with van der Waals surface area (Å²) >= 11 is 0. The molecule has 1 aromatic rings. The second-order valence-electron chi connectivity index (χ2n) is 5.93. The van der Waals surface area contributed by atoms with Crippen molar-refractivity contribution < 1.29 is 4.79 Å². The van der Waals surface area contributed by atoms with Crippen LogP contribution in [0, 0.1) is 12.8 Å². The minimum absolute atomic E-state index is 0.239. The molecule has 0 saturated heterocycles. The van der Waals surface area contributed by atoms with Crippen LogP contribution in [0.1, 0.15) is 43.7 Å². The monoisotopic (exact) mass is 257 g/mol. The zero-order valence-electron chi connectivity index (χ0n) is 12.1. The Balaban J connectivity index is 2.06. The van der Waals surface area contributed by atoms with E-state index in [1.54, 1.807) is 6.08 Å². The molecular formula is C17H23NO. The van der Waals surface area contributed by atoms with Crippen LogP contribution >= 0.6 is 0 Å². The molecule has 0 saturated carbocycles.